The molecule has 0 radical (unpaired) electrons. The van der Waals surface area contributed by atoms with Crippen LogP contribution in [0.2, 0.25) is 5.02 Å². The Kier molecular flexibility index (Phi) is 6.27. The molecule has 0 atom stereocenters. The number of sulfonamides is 1. The van der Waals surface area contributed by atoms with Crippen LogP contribution in [-0.4, -0.2) is 29.3 Å². The molecule has 0 aliphatic carbocycles. The first-order valence-corrected chi connectivity index (χ1v) is 10.8. The maximum Gasteiger partial charge on any atom is 0.295 e. The average Bonchev–Trinajstić information content (AvgIpc) is 2.93. The molecule has 0 fully saturated rings. The van der Waals surface area contributed by atoms with E-state index in [0.29, 0.717) is 5.02 Å². The monoisotopic (exact) mass is 462 g/mol. The van der Waals surface area contributed by atoms with E-state index in [0.717, 1.165) is 23.0 Å². The van der Waals surface area contributed by atoms with Gasteiger partial charge in [-0.3, -0.25) is 24.9 Å². The molecule has 2 aromatic carbocycles. The Labute approximate surface area is 183 Å². The molecule has 0 saturated heterocycles. The van der Waals surface area contributed by atoms with Gasteiger partial charge in [-0.05, 0) is 44.2 Å². The van der Waals surface area contributed by atoms with Crippen molar-refractivity contribution in [3.05, 3.63) is 74.6 Å². The second kappa shape index (κ2) is 8.74. The topological polar surface area (TPSA) is 132 Å². The van der Waals surface area contributed by atoms with Crippen LogP contribution in [0.1, 0.15) is 17.0 Å². The van der Waals surface area contributed by atoms with Crippen molar-refractivity contribution in [2.24, 2.45) is 12.1 Å². The fourth-order valence-corrected chi connectivity index (χ4v) is 4.09. The third kappa shape index (κ3) is 5.01. The van der Waals surface area contributed by atoms with Crippen LogP contribution in [0.25, 0.3) is 0 Å². The van der Waals surface area contributed by atoms with Gasteiger partial charge in [0.15, 0.2) is 0 Å². The molecule has 162 valence electrons. The highest BCUT2D eigenvalue weighted by molar-refractivity contribution is 7.92. The molecule has 12 heteroatoms. The Morgan fingerprint density at radius 1 is 1.23 bits per heavy atom. The first-order valence-electron chi connectivity index (χ1n) is 8.94. The van der Waals surface area contributed by atoms with Gasteiger partial charge in [0.1, 0.15) is 5.69 Å². The van der Waals surface area contributed by atoms with E-state index in [4.69, 9.17) is 11.6 Å². The standard InChI is InChI=1S/C19H19ClN6O4S/c1-12-17(13(2)25(3)23-12)11-21-22-18-8-7-16(10-19(18)26(27)28)31(29,30)24-15-6-4-5-14(20)9-15/h4-11,22,24H,1-3H3/b21-11+. The summed E-state index contributed by atoms with van der Waals surface area (Å²) < 4.78 is 29.3. The van der Waals surface area contributed by atoms with Crippen molar-refractivity contribution in [3.8, 4) is 0 Å². The van der Waals surface area contributed by atoms with E-state index in [1.807, 2.05) is 13.8 Å². The van der Waals surface area contributed by atoms with E-state index in [-0.39, 0.29) is 16.3 Å². The molecule has 0 spiro atoms. The summed E-state index contributed by atoms with van der Waals surface area (Å²) in [5.74, 6) is 0. The van der Waals surface area contributed by atoms with Crippen molar-refractivity contribution >= 4 is 44.9 Å². The molecule has 2 N–H and O–H groups in total. The van der Waals surface area contributed by atoms with Gasteiger partial charge in [-0.25, -0.2) is 8.42 Å². The fourth-order valence-electron chi connectivity index (χ4n) is 2.83. The van der Waals surface area contributed by atoms with Crippen LogP contribution < -0.4 is 10.1 Å². The van der Waals surface area contributed by atoms with Crippen LogP contribution in [0.4, 0.5) is 17.1 Å². The summed E-state index contributed by atoms with van der Waals surface area (Å²) in [5.41, 5.74) is 4.86. The molecule has 3 aromatic rings. The van der Waals surface area contributed by atoms with Gasteiger partial charge in [0.2, 0.25) is 0 Å². The van der Waals surface area contributed by atoms with Crippen molar-refractivity contribution in [3.63, 3.8) is 0 Å². The zero-order chi connectivity index (χ0) is 22.8. The third-order valence-corrected chi connectivity index (χ3v) is 6.11. The summed E-state index contributed by atoms with van der Waals surface area (Å²) >= 11 is 5.87. The average molecular weight is 463 g/mol. The summed E-state index contributed by atoms with van der Waals surface area (Å²) in [6.45, 7) is 3.69. The molecule has 0 aliphatic rings. The zero-order valence-electron chi connectivity index (χ0n) is 16.8. The lowest BCUT2D eigenvalue weighted by Crippen LogP contribution is -2.13. The molecule has 1 aromatic heterocycles. The SMILES string of the molecule is Cc1nn(C)c(C)c1/C=N/Nc1ccc(S(=O)(=O)Nc2cccc(Cl)c2)cc1[N+](=O)[O-]. The number of anilines is 2. The summed E-state index contributed by atoms with van der Waals surface area (Å²) in [5, 5.41) is 20.2. The Morgan fingerprint density at radius 3 is 2.58 bits per heavy atom. The van der Waals surface area contributed by atoms with E-state index in [9.17, 15) is 18.5 Å². The minimum Gasteiger partial charge on any atom is -0.280 e. The first-order chi connectivity index (χ1) is 14.6. The van der Waals surface area contributed by atoms with Gasteiger partial charge in [0, 0.05) is 29.4 Å². The highest BCUT2D eigenvalue weighted by Gasteiger charge is 2.21. The molecular weight excluding hydrogens is 444 g/mol. The van der Waals surface area contributed by atoms with E-state index < -0.39 is 20.6 Å². The van der Waals surface area contributed by atoms with Crippen LogP contribution in [-0.2, 0) is 17.1 Å². The van der Waals surface area contributed by atoms with Crippen molar-refractivity contribution in [1.29, 1.82) is 0 Å². The van der Waals surface area contributed by atoms with Crippen molar-refractivity contribution in [1.82, 2.24) is 9.78 Å². The molecule has 1 heterocycles. The van der Waals surface area contributed by atoms with E-state index in [1.54, 1.807) is 23.9 Å². The van der Waals surface area contributed by atoms with Crippen LogP contribution in [0, 0.1) is 24.0 Å². The molecule has 0 saturated carbocycles. The largest absolute Gasteiger partial charge is 0.295 e. The number of halogens is 1. The van der Waals surface area contributed by atoms with Crippen molar-refractivity contribution in [2.75, 3.05) is 10.1 Å². The smallest absolute Gasteiger partial charge is 0.280 e. The number of nitrogens with one attached hydrogen (secondary N) is 2. The normalized spacial score (nSPS) is 11.6. The quantitative estimate of drug-likeness (QED) is 0.311. The summed E-state index contributed by atoms with van der Waals surface area (Å²) in [4.78, 5) is 10.6. The van der Waals surface area contributed by atoms with E-state index >= 15 is 0 Å². The third-order valence-electron chi connectivity index (χ3n) is 4.50. The number of benzene rings is 2. The maximum absolute atomic E-state index is 12.6. The summed E-state index contributed by atoms with van der Waals surface area (Å²) in [7, 11) is -2.27. The van der Waals surface area contributed by atoms with Gasteiger partial charge >= 0.3 is 0 Å². The molecule has 3 rings (SSSR count). The Balaban J connectivity index is 1.87. The maximum atomic E-state index is 12.6. The molecule has 0 unspecified atom stereocenters. The first kappa shape index (κ1) is 22.2. The predicted molar refractivity (Wildman–Crippen MR) is 119 cm³/mol. The highest BCUT2D eigenvalue weighted by atomic mass is 35.5. The van der Waals surface area contributed by atoms with Gasteiger partial charge in [-0.2, -0.15) is 10.2 Å². The second-order valence-electron chi connectivity index (χ2n) is 6.63. The number of rotatable bonds is 7. The molecule has 0 aliphatic heterocycles. The molecule has 10 nitrogen and oxygen atoms in total. The van der Waals surface area contributed by atoms with Gasteiger partial charge < -0.3 is 0 Å². The van der Waals surface area contributed by atoms with E-state index in [2.05, 4.69) is 20.3 Å². The number of nitro groups is 1. The number of nitro benzene ring substituents is 1. The lowest BCUT2D eigenvalue weighted by molar-refractivity contribution is -0.384. The van der Waals surface area contributed by atoms with Gasteiger partial charge in [0.25, 0.3) is 15.7 Å². The van der Waals surface area contributed by atoms with Crippen molar-refractivity contribution in [2.45, 2.75) is 18.7 Å². The molecule has 31 heavy (non-hydrogen) atoms. The van der Waals surface area contributed by atoms with Gasteiger partial charge in [0.05, 0.1) is 27.4 Å². The van der Waals surface area contributed by atoms with Crippen LogP contribution in [0.15, 0.2) is 52.5 Å². The number of nitrogens with zero attached hydrogens (tertiary/aromatic N) is 4. The minimum atomic E-state index is -4.07. The van der Waals surface area contributed by atoms with Gasteiger partial charge in [-0.1, -0.05) is 17.7 Å². The highest BCUT2D eigenvalue weighted by Crippen LogP contribution is 2.29. The van der Waals surface area contributed by atoms with Crippen LogP contribution in [0.5, 0.6) is 0 Å². The zero-order valence-corrected chi connectivity index (χ0v) is 18.4. The van der Waals surface area contributed by atoms with Crippen LogP contribution in [0.3, 0.4) is 0 Å². The van der Waals surface area contributed by atoms with Crippen LogP contribution >= 0.6 is 11.6 Å². The predicted octanol–water partition coefficient (Wildman–Crippen LogP) is 3.85. The molecular formula is C19H19ClN6O4S. The lowest BCUT2D eigenvalue weighted by atomic mass is 10.2. The molecule has 0 amide bonds. The van der Waals surface area contributed by atoms with Gasteiger partial charge in [-0.15, -0.1) is 0 Å². The second-order valence-corrected chi connectivity index (χ2v) is 8.75. The summed E-state index contributed by atoms with van der Waals surface area (Å²) in [6.07, 6.45) is 1.51. The lowest BCUT2D eigenvalue weighted by Gasteiger charge is -2.09. The van der Waals surface area contributed by atoms with E-state index in [1.165, 1.54) is 30.5 Å². The number of aryl methyl sites for hydroxylation is 2. The Morgan fingerprint density at radius 2 is 1.97 bits per heavy atom. The Bertz CT molecular complexity index is 1290. The van der Waals surface area contributed by atoms with Crippen molar-refractivity contribution < 1.29 is 13.3 Å². The Hall–Kier alpha value is -3.44. The number of hydrogen-bond acceptors (Lipinski definition) is 7. The number of hydrogen-bond donors (Lipinski definition) is 2. The number of hydrazone groups is 1. The summed E-state index contributed by atoms with van der Waals surface area (Å²) in [6, 6.07) is 9.62. The minimum absolute atomic E-state index is 0.0437. The fraction of sp³-hybridized carbons (Fsp3) is 0.158. The number of aromatic nitrogens is 2. The molecule has 0 bridgehead atoms.